The van der Waals surface area contributed by atoms with Gasteiger partial charge < -0.3 is 14.6 Å². The molecular formula is C18H20O3. The molecule has 2 aromatic carbocycles. The van der Waals surface area contributed by atoms with Crippen LogP contribution in [0, 0.1) is 0 Å². The number of hydrogen-bond acceptors (Lipinski definition) is 3. The number of methoxy groups -OCH3 is 1. The number of aryl methyl sites for hydroxylation is 1. The maximum absolute atomic E-state index is 9.96. The molecule has 0 bridgehead atoms. The first kappa shape index (κ1) is 14.0. The van der Waals surface area contributed by atoms with Crippen LogP contribution in [0.15, 0.2) is 42.5 Å². The summed E-state index contributed by atoms with van der Waals surface area (Å²) < 4.78 is 11.0. The Morgan fingerprint density at radius 3 is 2.62 bits per heavy atom. The number of aliphatic hydroxyl groups excluding tert-OH is 1. The second kappa shape index (κ2) is 6.19. The number of ether oxygens (including phenoxy) is 2. The summed E-state index contributed by atoms with van der Waals surface area (Å²) in [5.74, 6) is 1.71. The first-order chi connectivity index (χ1) is 10.3. The predicted molar refractivity (Wildman–Crippen MR) is 81.7 cm³/mol. The maximum atomic E-state index is 9.96. The summed E-state index contributed by atoms with van der Waals surface area (Å²) in [5, 5.41) is 9.96. The molecule has 3 nitrogen and oxygen atoms in total. The molecule has 0 radical (unpaired) electrons. The zero-order valence-corrected chi connectivity index (χ0v) is 12.2. The van der Waals surface area contributed by atoms with E-state index in [0.717, 1.165) is 41.9 Å². The van der Waals surface area contributed by atoms with Crippen LogP contribution in [0.3, 0.4) is 0 Å². The maximum Gasteiger partial charge on any atom is 0.120 e. The van der Waals surface area contributed by atoms with Gasteiger partial charge in [0.2, 0.25) is 0 Å². The largest absolute Gasteiger partial charge is 0.497 e. The van der Waals surface area contributed by atoms with Crippen molar-refractivity contribution in [3.8, 4) is 11.5 Å². The molecule has 3 rings (SSSR count). The molecule has 0 spiro atoms. The zero-order chi connectivity index (χ0) is 14.7. The molecule has 0 aromatic heterocycles. The molecule has 110 valence electrons. The Labute approximate surface area is 125 Å². The molecule has 2 aromatic rings. The van der Waals surface area contributed by atoms with Gasteiger partial charge in [0, 0.05) is 0 Å². The molecule has 1 aliphatic rings. The second-order valence-corrected chi connectivity index (χ2v) is 5.41. The normalized spacial score (nSPS) is 17.1. The standard InChI is InChI=1S/C18H20O3/c1-20-15-7-5-13(6-8-15)12-21-16-9-10-17-14(11-16)3-2-4-18(17)19/h5-11,18-19H,2-4,12H2,1H3. The minimum absolute atomic E-state index is 0.315. The van der Waals surface area contributed by atoms with E-state index in [2.05, 4.69) is 6.07 Å². The van der Waals surface area contributed by atoms with Crippen molar-refractivity contribution in [1.29, 1.82) is 0 Å². The predicted octanol–water partition coefficient (Wildman–Crippen LogP) is 3.64. The van der Waals surface area contributed by atoms with Crippen molar-refractivity contribution < 1.29 is 14.6 Å². The lowest BCUT2D eigenvalue weighted by molar-refractivity contribution is 0.156. The third-order valence-electron chi connectivity index (χ3n) is 3.96. The number of fused-ring (bicyclic) bond motifs is 1. The van der Waals surface area contributed by atoms with Crippen LogP contribution in [0.2, 0.25) is 0 Å². The fourth-order valence-electron chi connectivity index (χ4n) is 2.74. The topological polar surface area (TPSA) is 38.7 Å². The third kappa shape index (κ3) is 3.19. The highest BCUT2D eigenvalue weighted by molar-refractivity contribution is 5.38. The smallest absolute Gasteiger partial charge is 0.120 e. The Hall–Kier alpha value is -2.00. The average molecular weight is 284 g/mol. The van der Waals surface area contributed by atoms with E-state index < -0.39 is 0 Å². The lowest BCUT2D eigenvalue weighted by Crippen LogP contribution is -2.09. The molecule has 21 heavy (non-hydrogen) atoms. The van der Waals surface area contributed by atoms with Crippen molar-refractivity contribution in [2.45, 2.75) is 32.0 Å². The SMILES string of the molecule is COc1ccc(COc2ccc3c(c2)CCCC3O)cc1. The van der Waals surface area contributed by atoms with E-state index in [1.54, 1.807) is 7.11 Å². The minimum atomic E-state index is -0.315. The summed E-state index contributed by atoms with van der Waals surface area (Å²) in [6, 6.07) is 13.9. The molecule has 0 heterocycles. The van der Waals surface area contributed by atoms with E-state index in [4.69, 9.17) is 9.47 Å². The van der Waals surface area contributed by atoms with E-state index in [1.165, 1.54) is 5.56 Å². The van der Waals surface area contributed by atoms with Crippen molar-refractivity contribution in [3.63, 3.8) is 0 Å². The van der Waals surface area contributed by atoms with Crippen LogP contribution in [0.25, 0.3) is 0 Å². The molecule has 0 fully saturated rings. The van der Waals surface area contributed by atoms with Crippen molar-refractivity contribution in [1.82, 2.24) is 0 Å². The highest BCUT2D eigenvalue weighted by Crippen LogP contribution is 2.32. The van der Waals surface area contributed by atoms with E-state index in [1.807, 2.05) is 36.4 Å². The summed E-state index contributed by atoms with van der Waals surface area (Å²) in [5.41, 5.74) is 3.37. The number of aliphatic hydroxyl groups is 1. The molecule has 1 atom stereocenters. The van der Waals surface area contributed by atoms with Gasteiger partial charge in [-0.3, -0.25) is 0 Å². The second-order valence-electron chi connectivity index (χ2n) is 5.41. The third-order valence-corrected chi connectivity index (χ3v) is 3.96. The number of benzene rings is 2. The Morgan fingerprint density at radius 2 is 1.86 bits per heavy atom. The van der Waals surface area contributed by atoms with Gasteiger partial charge in [-0.2, -0.15) is 0 Å². The van der Waals surface area contributed by atoms with Crippen molar-refractivity contribution in [2.24, 2.45) is 0 Å². The molecule has 1 unspecified atom stereocenters. The Bertz CT molecular complexity index is 604. The molecule has 1 aliphatic carbocycles. The molecule has 1 N–H and O–H groups in total. The zero-order valence-electron chi connectivity index (χ0n) is 12.2. The van der Waals surface area contributed by atoms with Crippen LogP contribution in [0.1, 0.15) is 35.6 Å². The number of hydrogen-bond donors (Lipinski definition) is 1. The van der Waals surface area contributed by atoms with E-state index in [9.17, 15) is 5.11 Å². The van der Waals surface area contributed by atoms with Crippen LogP contribution >= 0.6 is 0 Å². The molecule has 0 saturated carbocycles. The lowest BCUT2D eigenvalue weighted by Gasteiger charge is -2.21. The van der Waals surface area contributed by atoms with E-state index in [-0.39, 0.29) is 6.10 Å². The average Bonchev–Trinajstić information content (AvgIpc) is 2.53. The summed E-state index contributed by atoms with van der Waals surface area (Å²) in [6.45, 7) is 0.533. The van der Waals surface area contributed by atoms with Crippen LogP contribution in [0.4, 0.5) is 0 Å². The summed E-state index contributed by atoms with van der Waals surface area (Å²) in [6.07, 6.45) is 2.60. The molecular weight excluding hydrogens is 264 g/mol. The molecule has 3 heteroatoms. The van der Waals surface area contributed by atoms with Gasteiger partial charge in [-0.05, 0) is 60.2 Å². The van der Waals surface area contributed by atoms with Crippen LogP contribution in [-0.2, 0) is 13.0 Å². The fraction of sp³-hybridized carbons (Fsp3) is 0.333. The summed E-state index contributed by atoms with van der Waals surface area (Å²) in [4.78, 5) is 0. The van der Waals surface area contributed by atoms with E-state index >= 15 is 0 Å². The summed E-state index contributed by atoms with van der Waals surface area (Å²) >= 11 is 0. The Morgan fingerprint density at radius 1 is 1.10 bits per heavy atom. The number of rotatable bonds is 4. The lowest BCUT2D eigenvalue weighted by atomic mass is 9.89. The molecule has 0 aliphatic heterocycles. The Balaban J connectivity index is 1.67. The monoisotopic (exact) mass is 284 g/mol. The van der Waals surface area contributed by atoms with Gasteiger partial charge in [-0.15, -0.1) is 0 Å². The van der Waals surface area contributed by atoms with Crippen molar-refractivity contribution in [2.75, 3.05) is 7.11 Å². The van der Waals surface area contributed by atoms with Gasteiger partial charge >= 0.3 is 0 Å². The van der Waals surface area contributed by atoms with Gasteiger partial charge in [0.25, 0.3) is 0 Å². The molecule has 0 saturated heterocycles. The first-order valence-electron chi connectivity index (χ1n) is 7.33. The highest BCUT2D eigenvalue weighted by atomic mass is 16.5. The molecule has 0 amide bonds. The minimum Gasteiger partial charge on any atom is -0.497 e. The van der Waals surface area contributed by atoms with Gasteiger partial charge in [-0.1, -0.05) is 18.2 Å². The first-order valence-corrected chi connectivity index (χ1v) is 7.33. The van der Waals surface area contributed by atoms with Crippen LogP contribution in [0.5, 0.6) is 11.5 Å². The van der Waals surface area contributed by atoms with Crippen molar-refractivity contribution in [3.05, 3.63) is 59.2 Å². The Kier molecular flexibility index (Phi) is 4.11. The van der Waals surface area contributed by atoms with Gasteiger partial charge in [0.05, 0.1) is 13.2 Å². The van der Waals surface area contributed by atoms with Crippen molar-refractivity contribution >= 4 is 0 Å². The van der Waals surface area contributed by atoms with Crippen LogP contribution < -0.4 is 9.47 Å². The van der Waals surface area contributed by atoms with Gasteiger partial charge in [0.1, 0.15) is 18.1 Å². The summed E-state index contributed by atoms with van der Waals surface area (Å²) in [7, 11) is 1.66. The highest BCUT2D eigenvalue weighted by Gasteiger charge is 2.18. The van der Waals surface area contributed by atoms with Gasteiger partial charge in [0.15, 0.2) is 0 Å². The van der Waals surface area contributed by atoms with E-state index in [0.29, 0.717) is 6.61 Å². The fourth-order valence-corrected chi connectivity index (χ4v) is 2.74. The van der Waals surface area contributed by atoms with Gasteiger partial charge in [-0.25, -0.2) is 0 Å². The van der Waals surface area contributed by atoms with Crippen LogP contribution in [-0.4, -0.2) is 12.2 Å². The quantitative estimate of drug-likeness (QED) is 0.931.